The zero-order chi connectivity index (χ0) is 8.10. The van der Waals surface area contributed by atoms with Gasteiger partial charge in [-0.15, -0.1) is 0 Å². The minimum Gasteiger partial charge on any atom is -0.381 e. The Hall–Kier alpha value is -0.340. The van der Waals surface area contributed by atoms with Crippen LogP contribution in [0.1, 0.15) is 12.8 Å². The molecule has 2 nitrogen and oxygen atoms in total. The summed E-state index contributed by atoms with van der Waals surface area (Å²) < 4.78 is 4.93. The van der Waals surface area contributed by atoms with Crippen molar-refractivity contribution in [1.29, 1.82) is 0 Å². The van der Waals surface area contributed by atoms with Gasteiger partial charge in [0.25, 0.3) is 0 Å². The van der Waals surface area contributed by atoms with E-state index in [1.165, 1.54) is 19.4 Å². The second kappa shape index (κ2) is 4.52. The zero-order valence-electron chi connectivity index (χ0n) is 7.42. The highest BCUT2D eigenvalue weighted by atomic mass is 16.5. The first-order chi connectivity index (χ1) is 5.34. The van der Waals surface area contributed by atoms with Crippen LogP contribution in [-0.2, 0) is 4.74 Å². The zero-order valence-corrected chi connectivity index (χ0v) is 7.42. The molecule has 1 aliphatic rings. The minimum absolute atomic E-state index is 0.658. The highest BCUT2D eigenvalue weighted by Gasteiger charge is 2.16. The van der Waals surface area contributed by atoms with Crippen molar-refractivity contribution in [3.8, 4) is 0 Å². The van der Waals surface area contributed by atoms with E-state index in [9.17, 15) is 0 Å². The van der Waals surface area contributed by atoms with E-state index in [2.05, 4.69) is 24.1 Å². The van der Waals surface area contributed by atoms with Crippen molar-refractivity contribution >= 4 is 0 Å². The van der Waals surface area contributed by atoms with Gasteiger partial charge in [-0.25, -0.2) is 0 Å². The number of hydrogen-bond donors (Lipinski definition) is 0. The van der Waals surface area contributed by atoms with Crippen LogP contribution in [0, 0.1) is 0 Å². The van der Waals surface area contributed by atoms with Crippen molar-refractivity contribution in [3.63, 3.8) is 0 Å². The molecule has 2 heteroatoms. The van der Waals surface area contributed by atoms with Crippen LogP contribution >= 0.6 is 0 Å². The smallest absolute Gasteiger partial charge is 0.0644 e. The lowest BCUT2D eigenvalue weighted by Crippen LogP contribution is -2.22. The van der Waals surface area contributed by atoms with E-state index in [1.807, 2.05) is 0 Å². The minimum atomic E-state index is 0.658. The van der Waals surface area contributed by atoms with E-state index in [0.717, 1.165) is 6.61 Å². The third-order valence-corrected chi connectivity index (χ3v) is 2.20. The Morgan fingerprint density at radius 2 is 2.45 bits per heavy atom. The first-order valence-electron chi connectivity index (χ1n) is 4.20. The van der Waals surface area contributed by atoms with Gasteiger partial charge in [-0.05, 0) is 26.4 Å². The standard InChI is InChI=1S/C9H17NO/c1-10-7-3-5-9(10)6-4-8-11-2/h4,6,9H,3,5,7-8H2,1-2H3/b6-4-/t9-/m0/s1. The van der Waals surface area contributed by atoms with Crippen molar-refractivity contribution in [1.82, 2.24) is 4.90 Å². The Kier molecular flexibility index (Phi) is 3.60. The van der Waals surface area contributed by atoms with E-state index >= 15 is 0 Å². The summed E-state index contributed by atoms with van der Waals surface area (Å²) in [5.74, 6) is 0. The fourth-order valence-corrected chi connectivity index (χ4v) is 1.49. The van der Waals surface area contributed by atoms with Crippen molar-refractivity contribution in [3.05, 3.63) is 12.2 Å². The molecule has 1 rings (SSSR count). The summed E-state index contributed by atoms with van der Waals surface area (Å²) >= 11 is 0. The van der Waals surface area contributed by atoms with Gasteiger partial charge in [0.05, 0.1) is 6.61 Å². The van der Waals surface area contributed by atoms with Gasteiger partial charge in [0, 0.05) is 13.2 Å². The number of likely N-dealkylation sites (tertiary alicyclic amines) is 1. The summed E-state index contributed by atoms with van der Waals surface area (Å²) in [4.78, 5) is 2.38. The molecule has 1 aliphatic heterocycles. The molecule has 0 aromatic carbocycles. The summed E-state index contributed by atoms with van der Waals surface area (Å²) in [5, 5.41) is 0. The van der Waals surface area contributed by atoms with Crippen LogP contribution in [0.5, 0.6) is 0 Å². The molecule has 0 spiro atoms. The highest BCUT2D eigenvalue weighted by Crippen LogP contribution is 2.15. The van der Waals surface area contributed by atoms with Crippen LogP contribution < -0.4 is 0 Å². The lowest BCUT2D eigenvalue weighted by molar-refractivity contribution is 0.232. The summed E-state index contributed by atoms with van der Waals surface area (Å²) in [6.07, 6.45) is 6.98. The number of nitrogens with zero attached hydrogens (tertiary/aromatic N) is 1. The molecular formula is C9H17NO. The molecule has 0 radical (unpaired) electrons. The fraction of sp³-hybridized carbons (Fsp3) is 0.778. The maximum atomic E-state index is 4.93. The van der Waals surface area contributed by atoms with Crippen LogP contribution in [0.3, 0.4) is 0 Å². The van der Waals surface area contributed by atoms with Crippen LogP contribution in [0.15, 0.2) is 12.2 Å². The van der Waals surface area contributed by atoms with Crippen LogP contribution in [0.2, 0.25) is 0 Å². The third kappa shape index (κ3) is 2.64. The largest absolute Gasteiger partial charge is 0.381 e. The monoisotopic (exact) mass is 155 g/mol. The molecule has 1 atom stereocenters. The second-order valence-electron chi connectivity index (χ2n) is 3.07. The van der Waals surface area contributed by atoms with Gasteiger partial charge in [0.2, 0.25) is 0 Å². The van der Waals surface area contributed by atoms with Gasteiger partial charge in [-0.2, -0.15) is 0 Å². The molecule has 0 N–H and O–H groups in total. The normalized spacial score (nSPS) is 26.9. The molecule has 11 heavy (non-hydrogen) atoms. The molecule has 0 aromatic rings. The van der Waals surface area contributed by atoms with E-state index in [1.54, 1.807) is 7.11 Å². The topological polar surface area (TPSA) is 12.5 Å². The SMILES string of the molecule is COC/C=C\[C@@H]1CCCN1C. The molecule has 0 aliphatic carbocycles. The second-order valence-corrected chi connectivity index (χ2v) is 3.07. The van der Waals surface area contributed by atoms with Gasteiger partial charge < -0.3 is 4.74 Å². The van der Waals surface area contributed by atoms with Crippen LogP contribution in [-0.4, -0.2) is 38.3 Å². The molecule has 1 heterocycles. The van der Waals surface area contributed by atoms with E-state index in [-0.39, 0.29) is 0 Å². The fourth-order valence-electron chi connectivity index (χ4n) is 1.49. The lowest BCUT2D eigenvalue weighted by Gasteiger charge is -2.14. The molecular weight excluding hydrogens is 138 g/mol. The van der Waals surface area contributed by atoms with Gasteiger partial charge >= 0.3 is 0 Å². The van der Waals surface area contributed by atoms with E-state index in [4.69, 9.17) is 4.74 Å². The van der Waals surface area contributed by atoms with Gasteiger partial charge in [0.1, 0.15) is 0 Å². The first-order valence-corrected chi connectivity index (χ1v) is 4.20. The quantitative estimate of drug-likeness (QED) is 0.569. The molecule has 0 amide bonds. The van der Waals surface area contributed by atoms with Crippen molar-refractivity contribution in [2.45, 2.75) is 18.9 Å². The molecule has 0 aromatic heterocycles. The number of rotatable bonds is 3. The molecule has 0 bridgehead atoms. The Morgan fingerprint density at radius 3 is 3.00 bits per heavy atom. The number of likely N-dealkylation sites (N-methyl/N-ethyl adjacent to an activating group) is 1. The molecule has 1 saturated heterocycles. The van der Waals surface area contributed by atoms with Gasteiger partial charge in [0.15, 0.2) is 0 Å². The highest BCUT2D eigenvalue weighted by molar-refractivity contribution is 4.96. The Labute approximate surface area is 68.8 Å². The summed E-state index contributed by atoms with van der Waals surface area (Å²) in [6, 6.07) is 0.658. The van der Waals surface area contributed by atoms with Crippen LogP contribution in [0.25, 0.3) is 0 Å². The number of hydrogen-bond acceptors (Lipinski definition) is 2. The number of ether oxygens (including phenoxy) is 1. The Morgan fingerprint density at radius 1 is 1.64 bits per heavy atom. The van der Waals surface area contributed by atoms with Crippen molar-refractivity contribution in [2.75, 3.05) is 27.3 Å². The maximum Gasteiger partial charge on any atom is 0.0644 e. The van der Waals surface area contributed by atoms with Gasteiger partial charge in [-0.1, -0.05) is 12.2 Å². The van der Waals surface area contributed by atoms with Crippen molar-refractivity contribution < 1.29 is 4.74 Å². The predicted molar refractivity (Wildman–Crippen MR) is 46.7 cm³/mol. The third-order valence-electron chi connectivity index (χ3n) is 2.20. The summed E-state index contributed by atoms with van der Waals surface area (Å²) in [7, 11) is 3.90. The Balaban J connectivity index is 2.24. The molecule has 1 fully saturated rings. The lowest BCUT2D eigenvalue weighted by atomic mass is 10.2. The first kappa shape index (κ1) is 8.75. The molecule has 0 saturated carbocycles. The average Bonchev–Trinajstić information content (AvgIpc) is 2.37. The van der Waals surface area contributed by atoms with Crippen LogP contribution in [0.4, 0.5) is 0 Å². The molecule has 64 valence electrons. The number of methoxy groups -OCH3 is 1. The van der Waals surface area contributed by atoms with Gasteiger partial charge in [-0.3, -0.25) is 4.90 Å². The predicted octanol–water partition coefficient (Wildman–Crippen LogP) is 1.28. The van der Waals surface area contributed by atoms with E-state index < -0.39 is 0 Å². The van der Waals surface area contributed by atoms with E-state index in [0.29, 0.717) is 6.04 Å². The summed E-state index contributed by atoms with van der Waals surface area (Å²) in [6.45, 7) is 1.98. The Bertz CT molecular complexity index is 134. The molecule has 0 unspecified atom stereocenters. The van der Waals surface area contributed by atoms with Crippen molar-refractivity contribution in [2.24, 2.45) is 0 Å². The average molecular weight is 155 g/mol. The maximum absolute atomic E-state index is 4.93. The summed E-state index contributed by atoms with van der Waals surface area (Å²) in [5.41, 5.74) is 0.